The Hall–Kier alpha value is -1.13. The Balaban J connectivity index is 1.89. The number of anilines is 1. The number of nitrogens with zero attached hydrogens (tertiary/aromatic N) is 1. The smallest absolute Gasteiger partial charge is 0.117 e. The Morgan fingerprint density at radius 3 is 2.88 bits per heavy atom. The second-order valence-electron chi connectivity index (χ2n) is 4.96. The summed E-state index contributed by atoms with van der Waals surface area (Å²) >= 11 is 1.57. The number of rotatable bonds is 2. The van der Waals surface area contributed by atoms with Gasteiger partial charge in [0, 0.05) is 10.9 Å². The van der Waals surface area contributed by atoms with Gasteiger partial charge in [0.1, 0.15) is 5.00 Å². The highest BCUT2D eigenvalue weighted by molar-refractivity contribution is 7.11. The van der Waals surface area contributed by atoms with Gasteiger partial charge in [-0.15, -0.1) is 0 Å². The van der Waals surface area contributed by atoms with Crippen LogP contribution in [0.25, 0.3) is 10.9 Å². The molecule has 0 unspecified atom stereocenters. The quantitative estimate of drug-likeness (QED) is 0.857. The Kier molecular flexibility index (Phi) is 2.76. The third-order valence-corrected chi connectivity index (χ3v) is 4.30. The molecule has 0 aliphatic carbocycles. The standard InChI is InChI=1S/C13H17N3S/c1-13(6-8-14-9-7-13)15-12-10-4-2-3-5-11(10)16-17-12/h2-5,14-15H,6-9H2,1H3. The van der Waals surface area contributed by atoms with E-state index in [4.69, 9.17) is 0 Å². The summed E-state index contributed by atoms with van der Waals surface area (Å²) in [7, 11) is 0. The van der Waals surface area contributed by atoms with Crippen molar-refractivity contribution >= 4 is 27.4 Å². The molecule has 0 atom stereocenters. The van der Waals surface area contributed by atoms with Crippen molar-refractivity contribution in [1.82, 2.24) is 9.69 Å². The molecule has 0 radical (unpaired) electrons. The maximum atomic E-state index is 4.48. The van der Waals surface area contributed by atoms with Gasteiger partial charge in [0.25, 0.3) is 0 Å². The van der Waals surface area contributed by atoms with E-state index in [9.17, 15) is 0 Å². The van der Waals surface area contributed by atoms with Gasteiger partial charge < -0.3 is 10.6 Å². The van der Waals surface area contributed by atoms with Crippen LogP contribution in [-0.2, 0) is 0 Å². The molecule has 1 aliphatic heterocycles. The molecular weight excluding hydrogens is 230 g/mol. The van der Waals surface area contributed by atoms with E-state index >= 15 is 0 Å². The predicted octanol–water partition coefficient (Wildman–Crippen LogP) is 2.85. The number of benzene rings is 1. The first-order valence-corrected chi connectivity index (χ1v) is 6.88. The molecule has 1 aromatic carbocycles. The molecule has 0 spiro atoms. The van der Waals surface area contributed by atoms with Gasteiger partial charge in [-0.05, 0) is 56.5 Å². The summed E-state index contributed by atoms with van der Waals surface area (Å²) in [5.41, 5.74) is 1.30. The minimum Gasteiger partial charge on any atom is -0.370 e. The fourth-order valence-electron chi connectivity index (χ4n) is 2.36. The zero-order valence-corrected chi connectivity index (χ0v) is 10.8. The van der Waals surface area contributed by atoms with Gasteiger partial charge in [-0.1, -0.05) is 12.1 Å². The van der Waals surface area contributed by atoms with Crippen LogP contribution in [0.5, 0.6) is 0 Å². The van der Waals surface area contributed by atoms with Crippen molar-refractivity contribution in [2.24, 2.45) is 0 Å². The zero-order valence-electron chi connectivity index (χ0n) is 9.99. The highest BCUT2D eigenvalue weighted by atomic mass is 32.1. The minimum absolute atomic E-state index is 0.209. The van der Waals surface area contributed by atoms with Crippen LogP contribution in [0.3, 0.4) is 0 Å². The molecule has 1 fully saturated rings. The lowest BCUT2D eigenvalue weighted by Gasteiger charge is -2.35. The highest BCUT2D eigenvalue weighted by Crippen LogP contribution is 2.32. The van der Waals surface area contributed by atoms with Crippen molar-refractivity contribution < 1.29 is 0 Å². The lowest BCUT2D eigenvalue weighted by atomic mass is 9.91. The summed E-state index contributed by atoms with van der Waals surface area (Å²) in [4.78, 5) is 0. The minimum atomic E-state index is 0.209. The van der Waals surface area contributed by atoms with E-state index in [0.29, 0.717) is 0 Å². The third kappa shape index (κ3) is 2.15. The molecule has 2 heterocycles. The average molecular weight is 247 g/mol. The number of aromatic nitrogens is 1. The fraction of sp³-hybridized carbons (Fsp3) is 0.462. The van der Waals surface area contributed by atoms with Crippen LogP contribution >= 0.6 is 11.5 Å². The number of nitrogens with one attached hydrogen (secondary N) is 2. The SMILES string of the molecule is CC1(Nc2snc3ccccc23)CCNCC1. The number of fused-ring (bicyclic) bond motifs is 1. The van der Waals surface area contributed by atoms with Crippen molar-refractivity contribution in [3.8, 4) is 0 Å². The molecule has 1 saturated heterocycles. The second-order valence-corrected chi connectivity index (χ2v) is 5.74. The van der Waals surface area contributed by atoms with Crippen molar-refractivity contribution in [2.45, 2.75) is 25.3 Å². The van der Waals surface area contributed by atoms with E-state index < -0.39 is 0 Å². The maximum absolute atomic E-state index is 4.48. The average Bonchev–Trinajstić information content (AvgIpc) is 2.73. The Morgan fingerprint density at radius 2 is 2.06 bits per heavy atom. The van der Waals surface area contributed by atoms with Gasteiger partial charge in [-0.3, -0.25) is 0 Å². The Labute approximate surface area is 105 Å². The van der Waals surface area contributed by atoms with E-state index in [1.54, 1.807) is 11.5 Å². The molecule has 1 aliphatic rings. The molecule has 90 valence electrons. The van der Waals surface area contributed by atoms with Crippen LogP contribution in [0, 0.1) is 0 Å². The first-order valence-electron chi connectivity index (χ1n) is 6.10. The first kappa shape index (κ1) is 11.0. The summed E-state index contributed by atoms with van der Waals surface area (Å²) in [6.07, 6.45) is 2.33. The Morgan fingerprint density at radius 1 is 1.29 bits per heavy atom. The van der Waals surface area contributed by atoms with Gasteiger partial charge in [-0.2, -0.15) is 4.37 Å². The molecule has 17 heavy (non-hydrogen) atoms. The van der Waals surface area contributed by atoms with Gasteiger partial charge in [-0.25, -0.2) is 0 Å². The maximum Gasteiger partial charge on any atom is 0.117 e. The summed E-state index contributed by atoms with van der Waals surface area (Å²) < 4.78 is 4.48. The van der Waals surface area contributed by atoms with Gasteiger partial charge in [0.15, 0.2) is 0 Å². The summed E-state index contributed by atoms with van der Waals surface area (Å²) in [5, 5.41) is 9.56. The molecule has 0 bridgehead atoms. The topological polar surface area (TPSA) is 37.0 Å². The van der Waals surface area contributed by atoms with Crippen LogP contribution in [0.4, 0.5) is 5.00 Å². The normalized spacial score (nSPS) is 19.4. The van der Waals surface area contributed by atoms with Crippen LogP contribution < -0.4 is 10.6 Å². The zero-order chi connectivity index (χ0) is 11.7. The fourth-order valence-corrected chi connectivity index (χ4v) is 3.27. The molecular formula is C13H17N3S. The van der Waals surface area contributed by atoms with Crippen molar-refractivity contribution in [2.75, 3.05) is 18.4 Å². The molecule has 2 aromatic rings. The third-order valence-electron chi connectivity index (χ3n) is 3.51. The van der Waals surface area contributed by atoms with Crippen molar-refractivity contribution in [3.63, 3.8) is 0 Å². The van der Waals surface area contributed by atoms with E-state index in [0.717, 1.165) is 18.6 Å². The van der Waals surface area contributed by atoms with E-state index in [1.807, 2.05) is 6.07 Å². The molecule has 0 saturated carbocycles. The largest absolute Gasteiger partial charge is 0.370 e. The van der Waals surface area contributed by atoms with Crippen LogP contribution in [-0.4, -0.2) is 23.0 Å². The van der Waals surface area contributed by atoms with Crippen molar-refractivity contribution in [1.29, 1.82) is 0 Å². The molecule has 3 rings (SSSR count). The monoisotopic (exact) mass is 247 g/mol. The lowest BCUT2D eigenvalue weighted by molar-refractivity contribution is 0.366. The van der Waals surface area contributed by atoms with Gasteiger partial charge in [0.2, 0.25) is 0 Å². The molecule has 2 N–H and O–H groups in total. The molecule has 0 amide bonds. The van der Waals surface area contributed by atoms with Gasteiger partial charge in [0.05, 0.1) is 5.52 Å². The Bertz CT molecular complexity index is 514. The summed E-state index contributed by atoms with van der Waals surface area (Å²) in [6, 6.07) is 8.33. The van der Waals surface area contributed by atoms with Gasteiger partial charge >= 0.3 is 0 Å². The second kappa shape index (κ2) is 4.27. The van der Waals surface area contributed by atoms with Crippen LogP contribution in [0.15, 0.2) is 24.3 Å². The lowest BCUT2D eigenvalue weighted by Crippen LogP contribution is -2.45. The van der Waals surface area contributed by atoms with E-state index in [-0.39, 0.29) is 5.54 Å². The van der Waals surface area contributed by atoms with Crippen LogP contribution in [0.2, 0.25) is 0 Å². The van der Waals surface area contributed by atoms with Crippen molar-refractivity contribution in [3.05, 3.63) is 24.3 Å². The summed E-state index contributed by atoms with van der Waals surface area (Å²) in [6.45, 7) is 4.50. The van der Waals surface area contributed by atoms with Crippen LogP contribution in [0.1, 0.15) is 19.8 Å². The number of piperidine rings is 1. The molecule has 1 aromatic heterocycles. The number of hydrogen-bond donors (Lipinski definition) is 2. The first-order chi connectivity index (χ1) is 8.27. The molecule has 3 nitrogen and oxygen atoms in total. The highest BCUT2D eigenvalue weighted by Gasteiger charge is 2.27. The number of hydrogen-bond acceptors (Lipinski definition) is 4. The predicted molar refractivity (Wildman–Crippen MR) is 73.8 cm³/mol. The van der Waals surface area contributed by atoms with E-state index in [2.05, 4.69) is 40.1 Å². The van der Waals surface area contributed by atoms with E-state index in [1.165, 1.54) is 23.2 Å². The molecule has 4 heteroatoms. The summed E-state index contributed by atoms with van der Waals surface area (Å²) in [5.74, 6) is 0.